The quantitative estimate of drug-likeness (QED) is 0.923. The first-order valence-electron chi connectivity index (χ1n) is 5.85. The van der Waals surface area contributed by atoms with Crippen molar-refractivity contribution in [1.82, 2.24) is 19.6 Å². The van der Waals surface area contributed by atoms with Crippen LogP contribution in [0, 0.1) is 0 Å². The van der Waals surface area contributed by atoms with Crippen molar-refractivity contribution in [2.24, 2.45) is 0 Å². The van der Waals surface area contributed by atoms with Crippen molar-refractivity contribution in [3.63, 3.8) is 0 Å². The lowest BCUT2D eigenvalue weighted by Crippen LogP contribution is -2.35. The van der Waals surface area contributed by atoms with E-state index in [4.69, 9.17) is 0 Å². The van der Waals surface area contributed by atoms with E-state index in [0.29, 0.717) is 5.95 Å². The number of rotatable bonds is 2. The van der Waals surface area contributed by atoms with Gasteiger partial charge < -0.3 is 0 Å². The molecule has 1 aliphatic heterocycles. The average Bonchev–Trinajstić information content (AvgIpc) is 2.71. The third kappa shape index (κ3) is 2.42. The van der Waals surface area contributed by atoms with Crippen LogP contribution < -0.4 is 5.43 Å². The van der Waals surface area contributed by atoms with Crippen LogP contribution in [0.4, 0.5) is 5.95 Å². The summed E-state index contributed by atoms with van der Waals surface area (Å²) in [6.07, 6.45) is 5.71. The highest BCUT2D eigenvalue weighted by Gasteiger charge is 2.12. The molecule has 0 spiro atoms. The molecule has 17 heavy (non-hydrogen) atoms. The van der Waals surface area contributed by atoms with Gasteiger partial charge in [0.25, 0.3) is 5.95 Å². The Morgan fingerprint density at radius 3 is 2.82 bits per heavy atom. The van der Waals surface area contributed by atoms with Gasteiger partial charge in [0.15, 0.2) is 5.65 Å². The summed E-state index contributed by atoms with van der Waals surface area (Å²) < 4.78 is 2.77. The molecule has 6 heteroatoms. The van der Waals surface area contributed by atoms with Gasteiger partial charge in [-0.05, 0) is 40.9 Å². The lowest BCUT2D eigenvalue weighted by atomic mass is 10.2. The van der Waals surface area contributed by atoms with E-state index in [9.17, 15) is 0 Å². The molecule has 3 heterocycles. The van der Waals surface area contributed by atoms with E-state index >= 15 is 0 Å². The van der Waals surface area contributed by atoms with E-state index in [1.165, 1.54) is 19.3 Å². The summed E-state index contributed by atoms with van der Waals surface area (Å²) in [6, 6.07) is 3.91. The van der Waals surface area contributed by atoms with Crippen molar-refractivity contribution in [2.75, 3.05) is 18.5 Å². The minimum Gasteiger partial charge on any atom is -0.286 e. The van der Waals surface area contributed by atoms with Gasteiger partial charge in [0.05, 0.1) is 0 Å². The maximum Gasteiger partial charge on any atom is 0.257 e. The van der Waals surface area contributed by atoms with Gasteiger partial charge in [-0.2, -0.15) is 4.98 Å². The molecule has 2 aromatic heterocycles. The van der Waals surface area contributed by atoms with Crippen LogP contribution in [0.25, 0.3) is 5.65 Å². The van der Waals surface area contributed by atoms with Crippen LogP contribution in [-0.2, 0) is 0 Å². The Balaban J connectivity index is 1.80. The number of halogens is 1. The zero-order valence-electron chi connectivity index (χ0n) is 9.43. The molecular weight excluding hydrogens is 282 g/mol. The number of nitrogens with zero attached hydrogens (tertiary/aromatic N) is 4. The van der Waals surface area contributed by atoms with Crippen LogP contribution in [0.1, 0.15) is 19.3 Å². The fourth-order valence-corrected chi connectivity index (χ4v) is 2.38. The molecule has 0 aromatic carbocycles. The highest BCUT2D eigenvalue weighted by Crippen LogP contribution is 2.14. The maximum absolute atomic E-state index is 4.43. The Morgan fingerprint density at radius 1 is 1.18 bits per heavy atom. The van der Waals surface area contributed by atoms with Gasteiger partial charge in [-0.25, -0.2) is 9.52 Å². The Kier molecular flexibility index (Phi) is 2.98. The number of fused-ring (bicyclic) bond motifs is 1. The van der Waals surface area contributed by atoms with Crippen LogP contribution >= 0.6 is 15.9 Å². The van der Waals surface area contributed by atoms with Gasteiger partial charge in [-0.15, -0.1) is 5.10 Å². The minimum absolute atomic E-state index is 0.671. The molecular formula is C11H14BrN5. The SMILES string of the molecule is Brc1ccc2nc(NN3CCCCC3)nn2c1. The standard InChI is InChI=1S/C11H14BrN5/c12-9-4-5-10-13-11(15-17(10)8-9)14-16-6-2-1-3-7-16/h4-5,8H,1-3,6-7H2,(H,14,15). The fourth-order valence-electron chi connectivity index (χ4n) is 2.05. The van der Waals surface area contributed by atoms with E-state index < -0.39 is 0 Å². The van der Waals surface area contributed by atoms with Crippen LogP contribution in [0.3, 0.4) is 0 Å². The summed E-state index contributed by atoms with van der Waals surface area (Å²) >= 11 is 3.42. The summed E-state index contributed by atoms with van der Waals surface area (Å²) in [4.78, 5) is 4.43. The highest BCUT2D eigenvalue weighted by atomic mass is 79.9. The van der Waals surface area contributed by atoms with Crippen molar-refractivity contribution in [3.05, 3.63) is 22.8 Å². The zero-order valence-corrected chi connectivity index (χ0v) is 11.0. The molecule has 3 rings (SSSR count). The fraction of sp³-hybridized carbons (Fsp3) is 0.455. The molecule has 1 fully saturated rings. The third-order valence-corrected chi connectivity index (χ3v) is 3.38. The number of hydrogen-bond donors (Lipinski definition) is 1. The van der Waals surface area contributed by atoms with E-state index in [1.54, 1.807) is 4.52 Å². The molecule has 0 saturated carbocycles. The van der Waals surface area contributed by atoms with Gasteiger partial charge in [0.1, 0.15) is 0 Å². The van der Waals surface area contributed by atoms with Crippen LogP contribution in [0.15, 0.2) is 22.8 Å². The molecule has 0 aliphatic carbocycles. The zero-order chi connectivity index (χ0) is 11.7. The largest absolute Gasteiger partial charge is 0.286 e. The van der Waals surface area contributed by atoms with Crippen LogP contribution in [0.2, 0.25) is 0 Å². The molecule has 2 aromatic rings. The second-order valence-corrected chi connectivity index (χ2v) is 5.16. The van der Waals surface area contributed by atoms with Gasteiger partial charge in [0.2, 0.25) is 0 Å². The molecule has 1 N–H and O–H groups in total. The summed E-state index contributed by atoms with van der Waals surface area (Å²) in [5.41, 5.74) is 4.12. The highest BCUT2D eigenvalue weighted by molar-refractivity contribution is 9.10. The number of anilines is 1. The van der Waals surface area contributed by atoms with Gasteiger partial charge in [0, 0.05) is 23.8 Å². The van der Waals surface area contributed by atoms with E-state index in [2.05, 4.69) is 36.4 Å². The van der Waals surface area contributed by atoms with Crippen LogP contribution in [0.5, 0.6) is 0 Å². The lowest BCUT2D eigenvalue weighted by molar-refractivity contribution is 0.271. The lowest BCUT2D eigenvalue weighted by Gasteiger charge is -2.25. The summed E-state index contributed by atoms with van der Waals surface area (Å²) in [6.45, 7) is 2.14. The number of aromatic nitrogens is 3. The Hall–Kier alpha value is -1.14. The first kappa shape index (κ1) is 11.0. The molecule has 1 aliphatic rings. The summed E-state index contributed by atoms with van der Waals surface area (Å²) in [7, 11) is 0. The molecule has 1 saturated heterocycles. The van der Waals surface area contributed by atoms with Crippen molar-refractivity contribution in [1.29, 1.82) is 0 Å². The second kappa shape index (κ2) is 4.62. The minimum atomic E-state index is 0.671. The second-order valence-electron chi connectivity index (χ2n) is 4.25. The third-order valence-electron chi connectivity index (χ3n) is 2.91. The summed E-state index contributed by atoms with van der Waals surface area (Å²) in [5, 5.41) is 6.58. The molecule has 0 radical (unpaired) electrons. The normalized spacial score (nSPS) is 17.5. The van der Waals surface area contributed by atoms with E-state index in [1.807, 2.05) is 18.3 Å². The van der Waals surface area contributed by atoms with Gasteiger partial charge in [-0.3, -0.25) is 5.43 Å². The van der Waals surface area contributed by atoms with E-state index in [0.717, 1.165) is 23.2 Å². The molecule has 0 unspecified atom stereocenters. The number of pyridine rings is 1. The smallest absolute Gasteiger partial charge is 0.257 e. The Labute approximate surface area is 108 Å². The molecule has 0 bridgehead atoms. The van der Waals surface area contributed by atoms with Crippen molar-refractivity contribution in [2.45, 2.75) is 19.3 Å². The summed E-state index contributed by atoms with van der Waals surface area (Å²) in [5.74, 6) is 0.671. The van der Waals surface area contributed by atoms with Crippen molar-refractivity contribution < 1.29 is 0 Å². The average molecular weight is 296 g/mol. The molecule has 0 amide bonds. The number of hydrogen-bond acceptors (Lipinski definition) is 4. The maximum atomic E-state index is 4.43. The molecule has 5 nitrogen and oxygen atoms in total. The number of hydrazine groups is 1. The number of nitrogens with one attached hydrogen (secondary N) is 1. The number of piperidine rings is 1. The predicted octanol–water partition coefficient (Wildman–Crippen LogP) is 2.30. The van der Waals surface area contributed by atoms with E-state index in [-0.39, 0.29) is 0 Å². The van der Waals surface area contributed by atoms with Crippen molar-refractivity contribution in [3.8, 4) is 0 Å². The van der Waals surface area contributed by atoms with Crippen molar-refractivity contribution >= 4 is 27.5 Å². The molecule has 0 atom stereocenters. The monoisotopic (exact) mass is 295 g/mol. The van der Waals surface area contributed by atoms with Gasteiger partial charge >= 0.3 is 0 Å². The molecule has 90 valence electrons. The first-order valence-corrected chi connectivity index (χ1v) is 6.64. The Morgan fingerprint density at radius 2 is 2.00 bits per heavy atom. The predicted molar refractivity (Wildman–Crippen MR) is 69.7 cm³/mol. The van der Waals surface area contributed by atoms with Crippen LogP contribution in [-0.4, -0.2) is 32.7 Å². The topological polar surface area (TPSA) is 45.5 Å². The first-order chi connectivity index (χ1) is 8.31. The van der Waals surface area contributed by atoms with Gasteiger partial charge in [-0.1, -0.05) is 6.42 Å². The Bertz CT molecular complexity index is 518.